The van der Waals surface area contributed by atoms with Gasteiger partial charge >= 0.3 is 7.12 Å². The number of hydrogen-bond donors (Lipinski definition) is 1. The molecule has 0 bridgehead atoms. The molecule has 1 aromatic carbocycles. The molecule has 136 valence electrons. The van der Waals surface area contributed by atoms with E-state index in [4.69, 9.17) is 9.31 Å². The van der Waals surface area contributed by atoms with Crippen molar-refractivity contribution in [3.8, 4) is 0 Å². The maximum Gasteiger partial charge on any atom is 0.494 e. The number of piperidine rings is 1. The van der Waals surface area contributed by atoms with Gasteiger partial charge in [-0.25, -0.2) is 0 Å². The zero-order valence-corrected chi connectivity index (χ0v) is 15.6. The first-order chi connectivity index (χ1) is 11.7. The van der Waals surface area contributed by atoms with Gasteiger partial charge in [0.25, 0.3) is 0 Å². The predicted molar refractivity (Wildman–Crippen MR) is 97.7 cm³/mol. The number of aliphatic hydroxyl groups is 1. The van der Waals surface area contributed by atoms with Crippen molar-refractivity contribution in [1.82, 2.24) is 4.90 Å². The van der Waals surface area contributed by atoms with Crippen LogP contribution in [0, 0.1) is 0 Å². The normalized spacial score (nSPS) is 23.1. The Morgan fingerprint density at radius 2 is 1.64 bits per heavy atom. The van der Waals surface area contributed by atoms with E-state index in [9.17, 15) is 9.90 Å². The van der Waals surface area contributed by atoms with Crippen LogP contribution in [-0.2, 0) is 20.5 Å². The number of nitrogens with zero attached hydrogens (tertiary/aromatic N) is 1. The van der Waals surface area contributed by atoms with E-state index in [1.807, 2.05) is 56.9 Å². The number of benzene rings is 1. The van der Waals surface area contributed by atoms with Crippen LogP contribution < -0.4 is 5.46 Å². The summed E-state index contributed by atoms with van der Waals surface area (Å²) >= 11 is 0. The summed E-state index contributed by atoms with van der Waals surface area (Å²) in [7, 11) is -0.377. The van der Waals surface area contributed by atoms with Gasteiger partial charge in [-0.1, -0.05) is 24.3 Å². The second-order valence-electron chi connectivity index (χ2n) is 8.12. The molecule has 0 saturated carbocycles. The number of rotatable bonds is 3. The van der Waals surface area contributed by atoms with Crippen molar-refractivity contribution in [1.29, 1.82) is 0 Å². The van der Waals surface area contributed by atoms with Crippen molar-refractivity contribution in [2.75, 3.05) is 13.1 Å². The van der Waals surface area contributed by atoms with E-state index in [2.05, 4.69) is 0 Å². The summed E-state index contributed by atoms with van der Waals surface area (Å²) in [6, 6.07) is 7.89. The van der Waals surface area contributed by atoms with E-state index in [1.165, 1.54) is 0 Å². The average molecular weight is 345 g/mol. The van der Waals surface area contributed by atoms with Gasteiger partial charge in [-0.3, -0.25) is 4.79 Å². The lowest BCUT2D eigenvalue weighted by atomic mass is 9.79. The van der Waals surface area contributed by atoms with Gasteiger partial charge in [0.15, 0.2) is 0 Å². The quantitative estimate of drug-likeness (QED) is 0.844. The van der Waals surface area contributed by atoms with Crippen LogP contribution >= 0.6 is 0 Å². The minimum Gasteiger partial charge on any atom is -0.399 e. The van der Waals surface area contributed by atoms with Gasteiger partial charge in [-0.15, -0.1) is 0 Å². The van der Waals surface area contributed by atoms with Gasteiger partial charge in [0, 0.05) is 13.1 Å². The van der Waals surface area contributed by atoms with Gasteiger partial charge in [0.1, 0.15) is 0 Å². The molecule has 0 atom stereocenters. The van der Waals surface area contributed by atoms with Crippen LogP contribution in [0.3, 0.4) is 0 Å². The fourth-order valence-electron chi connectivity index (χ4n) is 3.17. The van der Waals surface area contributed by atoms with Crippen molar-refractivity contribution < 1.29 is 19.2 Å². The lowest BCUT2D eigenvalue weighted by Crippen LogP contribution is -2.41. The Balaban J connectivity index is 1.60. The monoisotopic (exact) mass is 345 g/mol. The van der Waals surface area contributed by atoms with Crippen LogP contribution in [0.15, 0.2) is 24.3 Å². The lowest BCUT2D eigenvalue weighted by Gasteiger charge is -2.32. The van der Waals surface area contributed by atoms with Crippen LogP contribution in [0.25, 0.3) is 0 Å². The molecule has 0 aliphatic carbocycles. The fraction of sp³-hybridized carbons (Fsp3) is 0.632. The third-order valence-electron chi connectivity index (χ3n) is 5.68. The Hall–Kier alpha value is -1.37. The molecule has 0 aromatic heterocycles. The molecular weight excluding hydrogens is 317 g/mol. The van der Waals surface area contributed by atoms with Crippen LogP contribution in [0.5, 0.6) is 0 Å². The molecule has 0 radical (unpaired) electrons. The molecule has 0 unspecified atom stereocenters. The summed E-state index contributed by atoms with van der Waals surface area (Å²) in [4.78, 5) is 14.2. The first-order valence-electron chi connectivity index (χ1n) is 9.08. The molecule has 1 aromatic rings. The first kappa shape index (κ1) is 18.4. The standard InChI is InChI=1S/C19H28BNO4/c1-18(2)19(3,4)25-20(24-18)15-7-5-14(6-8-15)13-17(23)21-11-9-16(22)10-12-21/h5-8,16,22H,9-13H2,1-4H3. The van der Waals surface area contributed by atoms with Crippen LogP contribution in [0.1, 0.15) is 46.1 Å². The zero-order chi connectivity index (χ0) is 18.2. The van der Waals surface area contributed by atoms with Crippen molar-refractivity contribution in [3.63, 3.8) is 0 Å². The molecule has 0 spiro atoms. The Bertz CT molecular complexity index is 605. The highest BCUT2D eigenvalue weighted by atomic mass is 16.7. The zero-order valence-electron chi connectivity index (χ0n) is 15.6. The van der Waals surface area contributed by atoms with Crippen molar-refractivity contribution in [3.05, 3.63) is 29.8 Å². The number of aliphatic hydroxyl groups excluding tert-OH is 1. The minimum atomic E-state index is -0.377. The predicted octanol–water partition coefficient (Wildman–Crippen LogP) is 1.51. The second-order valence-corrected chi connectivity index (χ2v) is 8.12. The number of likely N-dealkylation sites (tertiary alicyclic amines) is 1. The molecule has 2 aliphatic heterocycles. The van der Waals surface area contributed by atoms with Gasteiger partial charge < -0.3 is 19.3 Å². The van der Waals surface area contributed by atoms with Crippen LogP contribution in [0.2, 0.25) is 0 Å². The molecule has 2 fully saturated rings. The molecule has 2 aliphatic rings. The molecule has 1 amide bonds. The smallest absolute Gasteiger partial charge is 0.399 e. The summed E-state index contributed by atoms with van der Waals surface area (Å²) in [6.07, 6.45) is 1.47. The Labute approximate surface area is 150 Å². The van der Waals surface area contributed by atoms with E-state index >= 15 is 0 Å². The van der Waals surface area contributed by atoms with E-state index in [-0.39, 0.29) is 30.3 Å². The number of hydrogen-bond acceptors (Lipinski definition) is 4. The lowest BCUT2D eigenvalue weighted by molar-refractivity contribution is -0.132. The summed E-state index contributed by atoms with van der Waals surface area (Å²) in [5.41, 5.74) is 1.24. The van der Waals surface area contributed by atoms with E-state index in [0.29, 0.717) is 32.4 Å². The number of amides is 1. The maximum atomic E-state index is 12.4. The summed E-state index contributed by atoms with van der Waals surface area (Å²) in [6.45, 7) is 9.44. The Kier molecular flexibility index (Phi) is 4.97. The summed E-state index contributed by atoms with van der Waals surface area (Å²) in [5, 5.41) is 9.54. The van der Waals surface area contributed by atoms with Gasteiger partial charge in [-0.2, -0.15) is 0 Å². The molecule has 1 N–H and O–H groups in total. The highest BCUT2D eigenvalue weighted by Gasteiger charge is 2.51. The van der Waals surface area contributed by atoms with Gasteiger partial charge in [-0.05, 0) is 51.6 Å². The first-order valence-corrected chi connectivity index (χ1v) is 9.08. The van der Waals surface area contributed by atoms with E-state index in [0.717, 1.165) is 11.0 Å². The number of carbonyl (C=O) groups is 1. The Morgan fingerprint density at radius 3 is 2.16 bits per heavy atom. The van der Waals surface area contributed by atoms with Crippen LogP contribution in [0.4, 0.5) is 0 Å². The van der Waals surface area contributed by atoms with E-state index in [1.54, 1.807) is 0 Å². The fourth-order valence-corrected chi connectivity index (χ4v) is 3.17. The highest BCUT2D eigenvalue weighted by Crippen LogP contribution is 2.36. The third-order valence-corrected chi connectivity index (χ3v) is 5.68. The van der Waals surface area contributed by atoms with Gasteiger partial charge in [0.05, 0.1) is 23.7 Å². The summed E-state index contributed by atoms with van der Waals surface area (Å²) < 4.78 is 12.1. The van der Waals surface area contributed by atoms with E-state index < -0.39 is 0 Å². The molecule has 25 heavy (non-hydrogen) atoms. The van der Waals surface area contributed by atoms with Crippen molar-refractivity contribution in [2.24, 2.45) is 0 Å². The third kappa shape index (κ3) is 3.91. The molecule has 6 heteroatoms. The highest BCUT2D eigenvalue weighted by molar-refractivity contribution is 6.62. The molecule has 5 nitrogen and oxygen atoms in total. The van der Waals surface area contributed by atoms with Crippen LogP contribution in [-0.4, -0.2) is 53.4 Å². The molecule has 3 rings (SSSR count). The minimum absolute atomic E-state index is 0.121. The van der Waals surface area contributed by atoms with Crippen molar-refractivity contribution >= 4 is 18.5 Å². The number of carbonyl (C=O) groups excluding carboxylic acids is 1. The summed E-state index contributed by atoms with van der Waals surface area (Å²) in [5.74, 6) is 0.121. The second kappa shape index (κ2) is 6.74. The SMILES string of the molecule is CC1(C)OB(c2ccc(CC(=O)N3CCC(O)CC3)cc2)OC1(C)C. The molecular formula is C19H28BNO4. The van der Waals surface area contributed by atoms with Crippen molar-refractivity contribution in [2.45, 2.75) is 64.3 Å². The van der Waals surface area contributed by atoms with Gasteiger partial charge in [0.2, 0.25) is 5.91 Å². The largest absolute Gasteiger partial charge is 0.494 e. The molecule has 2 saturated heterocycles. The topological polar surface area (TPSA) is 59.0 Å². The Morgan fingerprint density at radius 1 is 1.12 bits per heavy atom. The molecule has 2 heterocycles. The maximum absolute atomic E-state index is 12.4. The average Bonchev–Trinajstić information content (AvgIpc) is 2.76.